The number of thiazole rings is 1. The van der Waals surface area contributed by atoms with Crippen LogP contribution >= 0.6 is 11.3 Å². The van der Waals surface area contributed by atoms with E-state index in [0.29, 0.717) is 18.1 Å². The van der Waals surface area contributed by atoms with E-state index in [1.54, 1.807) is 41.8 Å². The Morgan fingerprint density at radius 2 is 2.00 bits per heavy atom. The van der Waals surface area contributed by atoms with E-state index >= 15 is 0 Å². The van der Waals surface area contributed by atoms with Crippen LogP contribution in [0.3, 0.4) is 0 Å². The highest BCUT2D eigenvalue weighted by Crippen LogP contribution is 2.39. The molecule has 5 nitrogen and oxygen atoms in total. The quantitative estimate of drug-likeness (QED) is 0.813. The minimum Gasteiger partial charge on any atom is -0.488 e. The highest BCUT2D eigenvalue weighted by molar-refractivity contribution is 7.90. The number of sulfone groups is 1. The summed E-state index contributed by atoms with van der Waals surface area (Å²) in [6, 6.07) is 6.83. The van der Waals surface area contributed by atoms with Gasteiger partial charge in [-0.3, -0.25) is 0 Å². The predicted octanol–water partition coefficient (Wildman–Crippen LogP) is 3.28. The molecule has 1 aromatic carbocycles. The first-order valence-electron chi connectivity index (χ1n) is 7.46. The van der Waals surface area contributed by atoms with Crippen molar-refractivity contribution in [3.8, 4) is 0 Å². The Bertz CT molecular complexity index is 851. The lowest BCUT2D eigenvalue weighted by atomic mass is 9.92. The van der Waals surface area contributed by atoms with E-state index in [2.05, 4.69) is 4.98 Å². The van der Waals surface area contributed by atoms with Crippen molar-refractivity contribution in [3.63, 3.8) is 0 Å². The molecule has 3 rings (SSSR count). The van der Waals surface area contributed by atoms with E-state index in [9.17, 15) is 8.42 Å². The Hall–Kier alpha value is -1.70. The summed E-state index contributed by atoms with van der Waals surface area (Å²) >= 11 is 1.54. The highest BCUT2D eigenvalue weighted by atomic mass is 32.2. The van der Waals surface area contributed by atoms with Crippen molar-refractivity contribution in [2.45, 2.75) is 31.0 Å². The summed E-state index contributed by atoms with van der Waals surface area (Å²) in [5.41, 5.74) is 1.35. The monoisotopic (exact) mass is 365 g/mol. The summed E-state index contributed by atoms with van der Waals surface area (Å²) in [4.78, 5) is 4.51. The molecule has 0 unspecified atom stereocenters. The van der Waals surface area contributed by atoms with Gasteiger partial charge in [-0.15, -0.1) is 11.3 Å². The fraction of sp³-hybridized carbons (Fsp3) is 0.353. The molecule has 0 radical (unpaired) electrons. The average Bonchev–Trinajstić information content (AvgIpc) is 3.12. The van der Waals surface area contributed by atoms with Gasteiger partial charge in [-0.25, -0.2) is 13.4 Å². The van der Waals surface area contributed by atoms with Gasteiger partial charge in [-0.1, -0.05) is 12.1 Å². The molecular weight excluding hydrogens is 346 g/mol. The summed E-state index contributed by atoms with van der Waals surface area (Å²) in [5.74, 6) is 0.766. The summed E-state index contributed by atoms with van der Waals surface area (Å²) in [6.45, 7) is 4.75. The van der Waals surface area contributed by atoms with Crippen LogP contribution in [0.2, 0.25) is 0 Å². The lowest BCUT2D eigenvalue weighted by Gasteiger charge is -2.22. The first-order valence-corrected chi connectivity index (χ1v) is 10.2. The van der Waals surface area contributed by atoms with Gasteiger partial charge in [-0.2, -0.15) is 0 Å². The molecule has 0 fully saturated rings. The number of benzene rings is 1. The van der Waals surface area contributed by atoms with Gasteiger partial charge in [0.25, 0.3) is 0 Å². The van der Waals surface area contributed by atoms with E-state index in [1.165, 1.54) is 6.26 Å². The molecule has 7 heteroatoms. The van der Waals surface area contributed by atoms with Gasteiger partial charge in [0.05, 0.1) is 10.5 Å². The molecular formula is C17H19NO4S2. The molecule has 0 aliphatic carbocycles. The largest absolute Gasteiger partial charge is 0.488 e. The third kappa shape index (κ3) is 3.53. The smallest absolute Gasteiger partial charge is 0.175 e. The van der Waals surface area contributed by atoms with Crippen molar-refractivity contribution in [1.82, 2.24) is 4.98 Å². The van der Waals surface area contributed by atoms with Crippen LogP contribution in [-0.4, -0.2) is 31.9 Å². The lowest BCUT2D eigenvalue weighted by molar-refractivity contribution is 0.0440. The maximum absolute atomic E-state index is 11.6. The van der Waals surface area contributed by atoms with Crippen LogP contribution < -0.4 is 0 Å². The highest BCUT2D eigenvalue weighted by Gasteiger charge is 2.36. The van der Waals surface area contributed by atoms with Crippen LogP contribution in [0.15, 0.2) is 46.5 Å². The molecule has 24 heavy (non-hydrogen) atoms. The fourth-order valence-corrected chi connectivity index (χ4v) is 3.85. The number of nitrogens with zero attached hydrogens (tertiary/aromatic N) is 1. The first kappa shape index (κ1) is 17.1. The molecule has 128 valence electrons. The Morgan fingerprint density at radius 3 is 2.58 bits per heavy atom. The maximum atomic E-state index is 11.6. The maximum Gasteiger partial charge on any atom is 0.175 e. The van der Waals surface area contributed by atoms with Crippen LogP contribution in [0.1, 0.15) is 24.4 Å². The van der Waals surface area contributed by atoms with Crippen LogP contribution in [0.4, 0.5) is 0 Å². The van der Waals surface area contributed by atoms with Crippen molar-refractivity contribution in [1.29, 1.82) is 0 Å². The molecule has 0 amide bonds. The lowest BCUT2D eigenvalue weighted by Crippen LogP contribution is -2.21. The zero-order valence-electron chi connectivity index (χ0n) is 13.8. The van der Waals surface area contributed by atoms with Gasteiger partial charge in [0.15, 0.2) is 9.84 Å². The molecule has 2 heterocycles. The number of hydrogen-bond donors (Lipinski definition) is 0. The van der Waals surface area contributed by atoms with Gasteiger partial charge in [0, 0.05) is 23.4 Å². The van der Waals surface area contributed by atoms with Gasteiger partial charge >= 0.3 is 0 Å². The number of rotatable bonds is 5. The summed E-state index contributed by atoms with van der Waals surface area (Å²) < 4.78 is 35.0. The van der Waals surface area contributed by atoms with E-state index in [4.69, 9.17) is 9.47 Å². The minimum absolute atomic E-state index is 0.300. The topological polar surface area (TPSA) is 65.5 Å². The second-order valence-electron chi connectivity index (χ2n) is 6.11. The number of hydrogen-bond acceptors (Lipinski definition) is 6. The van der Waals surface area contributed by atoms with E-state index in [-0.39, 0.29) is 0 Å². The van der Waals surface area contributed by atoms with Gasteiger partial charge in [0.1, 0.15) is 24.0 Å². The molecule has 1 aromatic heterocycles. The van der Waals surface area contributed by atoms with E-state index in [0.717, 1.165) is 21.9 Å². The summed E-state index contributed by atoms with van der Waals surface area (Å²) in [7, 11) is -3.21. The number of ether oxygens (including phenoxy) is 2. The standard InChI is InChI=1S/C17H19NO4S2/c1-17(2)16(12-4-6-13(7-5-12)24(3,19)20)14(10-22-17)21-11-15-18-8-9-23-15/h4-9H,10-11H2,1-3H3. The van der Waals surface area contributed by atoms with Crippen LogP contribution in [0.25, 0.3) is 5.57 Å². The molecule has 0 N–H and O–H groups in total. The molecule has 0 atom stereocenters. The summed E-state index contributed by atoms with van der Waals surface area (Å²) in [6.07, 6.45) is 2.95. The molecule has 0 spiro atoms. The molecule has 1 aliphatic rings. The van der Waals surface area contributed by atoms with Crippen LogP contribution in [0, 0.1) is 0 Å². The zero-order chi connectivity index (χ0) is 17.4. The van der Waals surface area contributed by atoms with E-state index < -0.39 is 15.4 Å². The zero-order valence-corrected chi connectivity index (χ0v) is 15.4. The predicted molar refractivity (Wildman–Crippen MR) is 93.4 cm³/mol. The second kappa shape index (κ2) is 6.31. The van der Waals surface area contributed by atoms with Gasteiger partial charge in [-0.05, 0) is 31.5 Å². The Kier molecular flexibility index (Phi) is 4.50. The van der Waals surface area contributed by atoms with E-state index in [1.807, 2.05) is 19.2 Å². The fourth-order valence-electron chi connectivity index (χ4n) is 2.69. The number of aromatic nitrogens is 1. The average molecular weight is 365 g/mol. The molecule has 0 saturated carbocycles. The van der Waals surface area contributed by atoms with Gasteiger partial charge < -0.3 is 9.47 Å². The Labute approximate surface area is 145 Å². The normalized spacial score (nSPS) is 17.3. The molecule has 0 saturated heterocycles. The van der Waals surface area contributed by atoms with Crippen molar-refractivity contribution in [2.24, 2.45) is 0 Å². The molecule has 1 aliphatic heterocycles. The first-order chi connectivity index (χ1) is 11.3. The second-order valence-corrected chi connectivity index (χ2v) is 9.10. The minimum atomic E-state index is -3.21. The van der Waals surface area contributed by atoms with Gasteiger partial charge in [0.2, 0.25) is 0 Å². The van der Waals surface area contributed by atoms with Crippen molar-refractivity contribution < 1.29 is 17.9 Å². The molecule has 0 bridgehead atoms. The van der Waals surface area contributed by atoms with Crippen LogP contribution in [0.5, 0.6) is 0 Å². The molecule has 2 aromatic rings. The SMILES string of the molecule is CC1(C)OCC(OCc2nccs2)=C1c1ccc(S(C)(=O)=O)cc1. The Balaban J connectivity index is 1.92. The van der Waals surface area contributed by atoms with Crippen molar-refractivity contribution >= 4 is 26.7 Å². The van der Waals surface area contributed by atoms with Crippen molar-refractivity contribution in [2.75, 3.05) is 12.9 Å². The van der Waals surface area contributed by atoms with Crippen molar-refractivity contribution in [3.05, 3.63) is 52.2 Å². The third-order valence-electron chi connectivity index (χ3n) is 3.87. The summed E-state index contributed by atoms with van der Waals surface area (Å²) in [5, 5.41) is 2.81. The Morgan fingerprint density at radius 1 is 1.29 bits per heavy atom. The third-order valence-corrected chi connectivity index (χ3v) is 5.75. The van der Waals surface area contributed by atoms with Crippen LogP contribution in [-0.2, 0) is 25.9 Å².